The molecule has 0 bridgehead atoms. The van der Waals surface area contributed by atoms with Crippen LogP contribution in [0.3, 0.4) is 0 Å². The Morgan fingerprint density at radius 2 is 2.20 bits per heavy atom. The second-order valence-corrected chi connectivity index (χ2v) is 6.65. The molecule has 1 aliphatic carbocycles. The number of nitrogens with one attached hydrogen (secondary N) is 1. The van der Waals surface area contributed by atoms with E-state index >= 15 is 0 Å². The van der Waals surface area contributed by atoms with E-state index in [9.17, 15) is 14.9 Å². The number of hydrogen-bond acceptors (Lipinski definition) is 6. The van der Waals surface area contributed by atoms with Crippen LogP contribution in [0.4, 0.5) is 5.00 Å². The van der Waals surface area contributed by atoms with Crippen LogP contribution in [0, 0.1) is 11.3 Å². The maximum atomic E-state index is 12.5. The van der Waals surface area contributed by atoms with Gasteiger partial charge in [0.05, 0.1) is 18.9 Å². The third-order valence-corrected chi connectivity index (χ3v) is 5.19. The van der Waals surface area contributed by atoms with Gasteiger partial charge in [0.2, 0.25) is 0 Å². The fraction of sp³-hybridized carbons (Fsp3) is 0.278. The van der Waals surface area contributed by atoms with Crippen molar-refractivity contribution in [2.45, 2.75) is 25.7 Å². The van der Waals surface area contributed by atoms with Gasteiger partial charge in [-0.15, -0.1) is 11.3 Å². The lowest BCUT2D eigenvalue weighted by Gasteiger charge is -2.11. The van der Waals surface area contributed by atoms with Crippen molar-refractivity contribution < 1.29 is 18.7 Å². The zero-order valence-corrected chi connectivity index (χ0v) is 14.4. The van der Waals surface area contributed by atoms with E-state index in [1.807, 2.05) is 6.07 Å². The first-order valence-corrected chi connectivity index (χ1v) is 8.65. The molecule has 2 heterocycles. The summed E-state index contributed by atoms with van der Waals surface area (Å²) in [6, 6.07) is 5.18. The number of esters is 1. The number of aryl methyl sites for hydroxylation is 1. The van der Waals surface area contributed by atoms with Crippen LogP contribution in [0.15, 0.2) is 28.4 Å². The zero-order chi connectivity index (χ0) is 17.8. The SMILES string of the molecule is COC(=O)c1c(NC(=O)/C(C#N)=C/c2ccco2)sc2c1CCCC2. The van der Waals surface area contributed by atoms with Gasteiger partial charge < -0.3 is 14.5 Å². The smallest absolute Gasteiger partial charge is 0.341 e. The standard InChI is InChI=1S/C18H16N2O4S/c1-23-18(22)15-13-6-2-3-7-14(13)25-17(15)20-16(21)11(10-19)9-12-5-4-8-24-12/h4-5,8-9H,2-3,6-7H2,1H3,(H,20,21)/b11-9+. The quantitative estimate of drug-likeness (QED) is 0.514. The number of anilines is 1. The minimum Gasteiger partial charge on any atom is -0.465 e. The predicted octanol–water partition coefficient (Wildman–Crippen LogP) is 3.55. The van der Waals surface area contributed by atoms with Crippen LogP contribution < -0.4 is 5.32 Å². The molecule has 128 valence electrons. The maximum absolute atomic E-state index is 12.5. The topological polar surface area (TPSA) is 92.3 Å². The number of rotatable bonds is 4. The highest BCUT2D eigenvalue weighted by Crippen LogP contribution is 2.38. The van der Waals surface area contributed by atoms with Crippen molar-refractivity contribution in [3.8, 4) is 6.07 Å². The van der Waals surface area contributed by atoms with E-state index in [0.29, 0.717) is 16.3 Å². The Hall–Kier alpha value is -2.85. The third kappa shape index (κ3) is 3.49. The molecular weight excluding hydrogens is 340 g/mol. The Bertz CT molecular complexity index is 872. The number of nitrogens with zero attached hydrogens (tertiary/aromatic N) is 1. The summed E-state index contributed by atoms with van der Waals surface area (Å²) < 4.78 is 10.0. The van der Waals surface area contributed by atoms with Crippen LogP contribution in [0.1, 0.15) is 39.4 Å². The Balaban J connectivity index is 1.92. The summed E-state index contributed by atoms with van der Waals surface area (Å²) in [6.45, 7) is 0. The first-order chi connectivity index (χ1) is 12.1. The van der Waals surface area contributed by atoms with Crippen molar-refractivity contribution in [3.63, 3.8) is 0 Å². The molecule has 2 aromatic heterocycles. The lowest BCUT2D eigenvalue weighted by Crippen LogP contribution is -2.16. The molecule has 0 aromatic carbocycles. The van der Waals surface area contributed by atoms with E-state index in [4.69, 9.17) is 9.15 Å². The van der Waals surface area contributed by atoms with Crippen molar-refractivity contribution >= 4 is 34.3 Å². The molecule has 0 spiro atoms. The maximum Gasteiger partial charge on any atom is 0.341 e. The van der Waals surface area contributed by atoms with Crippen molar-refractivity contribution in [1.82, 2.24) is 0 Å². The number of hydrogen-bond donors (Lipinski definition) is 1. The van der Waals surface area contributed by atoms with Gasteiger partial charge in [-0.25, -0.2) is 4.79 Å². The van der Waals surface area contributed by atoms with Crippen LogP contribution in [0.25, 0.3) is 6.08 Å². The highest BCUT2D eigenvalue weighted by atomic mass is 32.1. The molecule has 0 aliphatic heterocycles. The van der Waals surface area contributed by atoms with Crippen LogP contribution >= 0.6 is 11.3 Å². The van der Waals surface area contributed by atoms with Gasteiger partial charge in [0, 0.05) is 11.0 Å². The van der Waals surface area contributed by atoms with Crippen LogP contribution in [0.2, 0.25) is 0 Å². The second kappa shape index (κ2) is 7.36. The molecule has 1 N–H and O–H groups in total. The molecule has 0 atom stereocenters. The van der Waals surface area contributed by atoms with E-state index in [1.54, 1.807) is 12.1 Å². The van der Waals surface area contributed by atoms with Gasteiger partial charge in [0.15, 0.2) is 0 Å². The summed E-state index contributed by atoms with van der Waals surface area (Å²) in [4.78, 5) is 25.7. The molecule has 2 aromatic rings. The van der Waals surface area contributed by atoms with Gasteiger partial charge >= 0.3 is 5.97 Å². The highest BCUT2D eigenvalue weighted by molar-refractivity contribution is 7.17. The van der Waals surface area contributed by atoms with E-state index < -0.39 is 11.9 Å². The average molecular weight is 356 g/mol. The van der Waals surface area contributed by atoms with Crippen LogP contribution in [-0.2, 0) is 22.4 Å². The van der Waals surface area contributed by atoms with Crippen LogP contribution in [-0.4, -0.2) is 19.0 Å². The summed E-state index contributed by atoms with van der Waals surface area (Å²) >= 11 is 1.38. The summed E-state index contributed by atoms with van der Waals surface area (Å²) in [5.41, 5.74) is 1.26. The first kappa shape index (κ1) is 17.0. The molecule has 1 amide bonds. The fourth-order valence-corrected chi connectivity index (χ4v) is 4.08. The summed E-state index contributed by atoms with van der Waals surface area (Å²) in [5, 5.41) is 12.4. The lowest BCUT2D eigenvalue weighted by atomic mass is 9.95. The number of amides is 1. The summed E-state index contributed by atoms with van der Waals surface area (Å²) in [5.74, 6) is -0.642. The number of furan rings is 1. The van der Waals surface area contributed by atoms with Gasteiger partial charge in [-0.05, 0) is 43.4 Å². The van der Waals surface area contributed by atoms with Gasteiger partial charge in [0.1, 0.15) is 22.4 Å². The van der Waals surface area contributed by atoms with Crippen LogP contribution in [0.5, 0.6) is 0 Å². The minimum atomic E-state index is -0.581. The molecular formula is C18H16N2O4S. The molecule has 0 unspecified atom stereocenters. The number of carbonyl (C=O) groups is 2. The zero-order valence-electron chi connectivity index (χ0n) is 13.6. The number of nitriles is 1. The predicted molar refractivity (Wildman–Crippen MR) is 93.2 cm³/mol. The number of methoxy groups -OCH3 is 1. The number of fused-ring (bicyclic) bond motifs is 1. The van der Waals surface area contributed by atoms with Crippen molar-refractivity contribution in [1.29, 1.82) is 5.26 Å². The Labute approximate surface area is 148 Å². The van der Waals surface area contributed by atoms with Gasteiger partial charge in [-0.1, -0.05) is 0 Å². The van der Waals surface area contributed by atoms with E-state index in [1.165, 1.54) is 30.8 Å². The second-order valence-electron chi connectivity index (χ2n) is 5.55. The molecule has 6 nitrogen and oxygen atoms in total. The third-order valence-electron chi connectivity index (χ3n) is 3.98. The van der Waals surface area contributed by atoms with E-state index in [2.05, 4.69) is 5.32 Å². The van der Waals surface area contributed by atoms with Gasteiger partial charge in [-0.2, -0.15) is 5.26 Å². The highest BCUT2D eigenvalue weighted by Gasteiger charge is 2.27. The molecule has 0 saturated heterocycles. The molecule has 0 radical (unpaired) electrons. The van der Waals surface area contributed by atoms with Crippen molar-refractivity contribution in [2.75, 3.05) is 12.4 Å². The van der Waals surface area contributed by atoms with Gasteiger partial charge in [0.25, 0.3) is 5.91 Å². The molecule has 1 aliphatic rings. The van der Waals surface area contributed by atoms with Crippen molar-refractivity contribution in [3.05, 3.63) is 45.7 Å². The molecule has 0 fully saturated rings. The Morgan fingerprint density at radius 1 is 1.40 bits per heavy atom. The monoisotopic (exact) mass is 356 g/mol. The molecule has 3 rings (SSSR count). The lowest BCUT2D eigenvalue weighted by molar-refractivity contribution is -0.112. The summed E-state index contributed by atoms with van der Waals surface area (Å²) in [7, 11) is 1.32. The van der Waals surface area contributed by atoms with Gasteiger partial charge in [-0.3, -0.25) is 4.79 Å². The number of thiophene rings is 1. The first-order valence-electron chi connectivity index (χ1n) is 7.83. The fourth-order valence-electron chi connectivity index (χ4n) is 2.81. The average Bonchev–Trinajstić information content (AvgIpc) is 3.25. The van der Waals surface area contributed by atoms with E-state index in [-0.39, 0.29) is 5.57 Å². The normalized spacial score (nSPS) is 13.7. The van der Waals surface area contributed by atoms with Crippen molar-refractivity contribution in [2.24, 2.45) is 0 Å². The molecule has 25 heavy (non-hydrogen) atoms. The number of carbonyl (C=O) groups excluding carboxylic acids is 2. The summed E-state index contributed by atoms with van der Waals surface area (Å²) in [6.07, 6.45) is 6.56. The Morgan fingerprint density at radius 3 is 2.88 bits per heavy atom. The van der Waals surface area contributed by atoms with E-state index in [0.717, 1.165) is 36.1 Å². The molecule has 7 heteroatoms. The number of ether oxygens (including phenoxy) is 1. The Kier molecular flexibility index (Phi) is 5.00. The minimum absolute atomic E-state index is 0.0999. The largest absolute Gasteiger partial charge is 0.465 e. The molecule has 0 saturated carbocycles.